The van der Waals surface area contributed by atoms with Crippen LogP contribution in [0.1, 0.15) is 51.1 Å². The van der Waals surface area contributed by atoms with Crippen molar-refractivity contribution >= 4 is 11.9 Å². The van der Waals surface area contributed by atoms with Gasteiger partial charge in [0.05, 0.1) is 6.04 Å². The summed E-state index contributed by atoms with van der Waals surface area (Å²) in [6.45, 7) is 0. The highest BCUT2D eigenvalue weighted by Gasteiger charge is 2.24. The Bertz CT molecular complexity index is 692. The number of aryl methyl sites for hydroxylation is 1. The number of aromatic carboxylic acids is 1. The Kier molecular flexibility index (Phi) is 3.43. The van der Waals surface area contributed by atoms with Crippen LogP contribution in [-0.4, -0.2) is 22.1 Å². The third-order valence-corrected chi connectivity index (χ3v) is 3.63. The molecule has 3 rings (SSSR count). The number of nitrogens with zero attached hydrogens (tertiary/aromatic N) is 1. The molecule has 6 heteroatoms. The highest BCUT2D eigenvalue weighted by atomic mass is 16.5. The summed E-state index contributed by atoms with van der Waals surface area (Å²) in [6.07, 6.45) is 2.86. The van der Waals surface area contributed by atoms with Gasteiger partial charge in [0.2, 0.25) is 5.76 Å². The molecule has 1 atom stereocenters. The zero-order valence-corrected chi connectivity index (χ0v) is 11.2. The molecule has 1 amide bonds. The molecule has 0 fully saturated rings. The predicted molar refractivity (Wildman–Crippen MR) is 73.0 cm³/mol. The molecular weight excluding hydrogens is 272 g/mol. The van der Waals surface area contributed by atoms with Crippen molar-refractivity contribution in [1.29, 1.82) is 0 Å². The van der Waals surface area contributed by atoms with Gasteiger partial charge < -0.3 is 14.9 Å². The number of carboxylic acids is 1. The fourth-order valence-corrected chi connectivity index (χ4v) is 2.62. The fourth-order valence-electron chi connectivity index (χ4n) is 2.62. The Hall–Kier alpha value is -2.63. The van der Waals surface area contributed by atoms with E-state index < -0.39 is 11.9 Å². The van der Waals surface area contributed by atoms with Gasteiger partial charge in [-0.05, 0) is 30.4 Å². The van der Waals surface area contributed by atoms with Gasteiger partial charge >= 0.3 is 5.97 Å². The average Bonchev–Trinajstić information content (AvgIpc) is 2.98. The van der Waals surface area contributed by atoms with Crippen molar-refractivity contribution in [1.82, 2.24) is 10.5 Å². The number of nitrogens with one attached hydrogen (secondary N) is 1. The van der Waals surface area contributed by atoms with E-state index in [2.05, 4.69) is 21.1 Å². The number of hydrogen-bond acceptors (Lipinski definition) is 4. The lowest BCUT2D eigenvalue weighted by molar-refractivity contribution is 0.0651. The second kappa shape index (κ2) is 5.40. The molecule has 0 saturated heterocycles. The number of amides is 1. The van der Waals surface area contributed by atoms with Gasteiger partial charge in [-0.1, -0.05) is 29.4 Å². The topological polar surface area (TPSA) is 92.4 Å². The average molecular weight is 286 g/mol. The van der Waals surface area contributed by atoms with Crippen molar-refractivity contribution in [3.8, 4) is 0 Å². The van der Waals surface area contributed by atoms with Gasteiger partial charge in [-0.3, -0.25) is 4.79 Å². The van der Waals surface area contributed by atoms with E-state index in [9.17, 15) is 9.59 Å². The Labute approximate surface area is 120 Å². The van der Waals surface area contributed by atoms with Gasteiger partial charge in [0, 0.05) is 6.07 Å². The van der Waals surface area contributed by atoms with Crippen molar-refractivity contribution in [2.45, 2.75) is 25.3 Å². The van der Waals surface area contributed by atoms with Crippen LogP contribution in [0.5, 0.6) is 0 Å². The summed E-state index contributed by atoms with van der Waals surface area (Å²) in [5.41, 5.74) is 2.33. The van der Waals surface area contributed by atoms with Crippen molar-refractivity contribution in [2.24, 2.45) is 0 Å². The van der Waals surface area contributed by atoms with E-state index in [-0.39, 0.29) is 17.5 Å². The van der Waals surface area contributed by atoms with Crippen molar-refractivity contribution in [3.05, 3.63) is 52.9 Å². The highest BCUT2D eigenvalue weighted by Crippen LogP contribution is 2.29. The normalized spacial score (nSPS) is 17.0. The minimum atomic E-state index is -1.25. The summed E-state index contributed by atoms with van der Waals surface area (Å²) < 4.78 is 4.60. The maximum Gasteiger partial charge on any atom is 0.374 e. The number of carbonyl (C=O) groups excluding carboxylic acids is 1. The van der Waals surface area contributed by atoms with E-state index in [1.807, 2.05) is 18.2 Å². The Morgan fingerprint density at radius 2 is 2.14 bits per heavy atom. The lowest BCUT2D eigenvalue weighted by atomic mass is 9.88. The number of benzene rings is 1. The lowest BCUT2D eigenvalue weighted by Gasteiger charge is -2.25. The van der Waals surface area contributed by atoms with E-state index >= 15 is 0 Å². The van der Waals surface area contributed by atoms with Crippen molar-refractivity contribution in [3.63, 3.8) is 0 Å². The maximum absolute atomic E-state index is 12.1. The lowest BCUT2D eigenvalue weighted by Crippen LogP contribution is -2.31. The van der Waals surface area contributed by atoms with Crippen LogP contribution in [0.2, 0.25) is 0 Å². The number of aromatic nitrogens is 1. The smallest absolute Gasteiger partial charge is 0.374 e. The molecule has 21 heavy (non-hydrogen) atoms. The molecule has 2 aromatic rings. The first kappa shape index (κ1) is 13.4. The van der Waals surface area contributed by atoms with Crippen LogP contribution in [-0.2, 0) is 6.42 Å². The summed E-state index contributed by atoms with van der Waals surface area (Å²) >= 11 is 0. The molecular formula is C15H14N2O4. The van der Waals surface area contributed by atoms with E-state index in [0.29, 0.717) is 0 Å². The maximum atomic E-state index is 12.1. The minimum absolute atomic E-state index is 0.0181. The predicted octanol–water partition coefficient (Wildman–Crippen LogP) is 2.18. The van der Waals surface area contributed by atoms with Crippen LogP contribution >= 0.6 is 0 Å². The molecule has 0 radical (unpaired) electrons. The third kappa shape index (κ3) is 2.65. The van der Waals surface area contributed by atoms with E-state index in [0.717, 1.165) is 30.9 Å². The van der Waals surface area contributed by atoms with Gasteiger partial charge in [0.25, 0.3) is 5.91 Å². The summed E-state index contributed by atoms with van der Waals surface area (Å²) in [5.74, 6) is -2.01. The monoisotopic (exact) mass is 286 g/mol. The van der Waals surface area contributed by atoms with Crippen molar-refractivity contribution in [2.75, 3.05) is 0 Å². The largest absolute Gasteiger partial charge is 0.475 e. The van der Waals surface area contributed by atoms with E-state index in [1.165, 1.54) is 5.56 Å². The summed E-state index contributed by atoms with van der Waals surface area (Å²) in [6, 6.07) is 9.05. The van der Waals surface area contributed by atoms with Gasteiger partial charge in [-0.15, -0.1) is 0 Å². The molecule has 1 aliphatic carbocycles. The standard InChI is InChI=1S/C15H14N2O4/c18-14(12-8-13(15(19)20)21-17-12)16-11-7-3-5-9-4-1-2-6-10(9)11/h1-2,4,6,8,11H,3,5,7H2,(H,16,18)(H,19,20). The second-order valence-electron chi connectivity index (χ2n) is 5.00. The zero-order chi connectivity index (χ0) is 14.8. The molecule has 1 aromatic carbocycles. The van der Waals surface area contributed by atoms with Crippen LogP contribution in [0.15, 0.2) is 34.9 Å². The molecule has 108 valence electrons. The first-order valence-electron chi connectivity index (χ1n) is 6.74. The first-order chi connectivity index (χ1) is 10.1. The first-order valence-corrected chi connectivity index (χ1v) is 6.74. The molecule has 0 bridgehead atoms. The second-order valence-corrected chi connectivity index (χ2v) is 5.00. The molecule has 2 N–H and O–H groups in total. The molecule has 6 nitrogen and oxygen atoms in total. The third-order valence-electron chi connectivity index (χ3n) is 3.63. The summed E-state index contributed by atoms with van der Waals surface area (Å²) in [7, 11) is 0. The number of carbonyl (C=O) groups is 2. The quantitative estimate of drug-likeness (QED) is 0.902. The summed E-state index contributed by atoms with van der Waals surface area (Å²) in [5, 5.41) is 15.1. The number of fused-ring (bicyclic) bond motifs is 1. The van der Waals surface area contributed by atoms with Gasteiger partial charge in [0.15, 0.2) is 5.69 Å². The number of carboxylic acid groups (broad SMARTS) is 1. The van der Waals surface area contributed by atoms with Crippen LogP contribution in [0.25, 0.3) is 0 Å². The SMILES string of the molecule is O=C(NC1CCCc2ccccc21)c1cc(C(=O)O)on1. The Morgan fingerprint density at radius 1 is 1.33 bits per heavy atom. The molecule has 1 aromatic heterocycles. The van der Waals surface area contributed by atoms with E-state index in [4.69, 9.17) is 5.11 Å². The summed E-state index contributed by atoms with van der Waals surface area (Å²) in [4.78, 5) is 22.9. The number of hydrogen-bond donors (Lipinski definition) is 2. The molecule has 0 spiro atoms. The van der Waals surface area contributed by atoms with Crippen LogP contribution in [0, 0.1) is 0 Å². The van der Waals surface area contributed by atoms with Gasteiger partial charge in [-0.2, -0.15) is 0 Å². The Balaban J connectivity index is 1.77. The number of rotatable bonds is 3. The molecule has 0 aliphatic heterocycles. The van der Waals surface area contributed by atoms with E-state index in [1.54, 1.807) is 0 Å². The molecule has 1 heterocycles. The van der Waals surface area contributed by atoms with Crippen LogP contribution in [0.3, 0.4) is 0 Å². The fraction of sp³-hybridized carbons (Fsp3) is 0.267. The zero-order valence-electron chi connectivity index (χ0n) is 11.2. The van der Waals surface area contributed by atoms with Gasteiger partial charge in [0.1, 0.15) is 0 Å². The Morgan fingerprint density at radius 3 is 2.90 bits per heavy atom. The van der Waals surface area contributed by atoms with Crippen molar-refractivity contribution < 1.29 is 19.2 Å². The molecule has 0 saturated carbocycles. The molecule has 1 unspecified atom stereocenters. The van der Waals surface area contributed by atoms with Crippen LogP contribution < -0.4 is 5.32 Å². The minimum Gasteiger partial charge on any atom is -0.475 e. The van der Waals surface area contributed by atoms with Gasteiger partial charge in [-0.25, -0.2) is 4.79 Å². The van der Waals surface area contributed by atoms with Crippen LogP contribution in [0.4, 0.5) is 0 Å². The molecule has 1 aliphatic rings. The highest BCUT2D eigenvalue weighted by molar-refractivity contribution is 5.95.